The predicted molar refractivity (Wildman–Crippen MR) is 235 cm³/mol. The summed E-state index contributed by atoms with van der Waals surface area (Å²) >= 11 is 0. The summed E-state index contributed by atoms with van der Waals surface area (Å²) in [6.07, 6.45) is 14.2. The van der Waals surface area contributed by atoms with E-state index in [1.807, 2.05) is 12.4 Å². The van der Waals surface area contributed by atoms with Gasteiger partial charge >= 0.3 is 0 Å². The first-order valence-corrected chi connectivity index (χ1v) is 23.9. The summed E-state index contributed by atoms with van der Waals surface area (Å²) in [4.78, 5) is 10.1. The van der Waals surface area contributed by atoms with Crippen molar-refractivity contribution in [3.05, 3.63) is 194 Å². The van der Waals surface area contributed by atoms with E-state index in [1.54, 1.807) is 0 Å². The van der Waals surface area contributed by atoms with Crippen LogP contribution in [-0.2, 0) is 0 Å². The molecule has 0 aliphatic carbocycles. The molecule has 5 heteroatoms. The Morgan fingerprint density at radius 3 is 1.02 bits per heavy atom. The molecule has 53 heavy (non-hydrogen) atoms. The molecule has 1 spiro atoms. The Kier molecular flexibility index (Phi) is 7.43. The number of pyridine rings is 2. The van der Waals surface area contributed by atoms with Crippen molar-refractivity contribution in [3.63, 3.8) is 0 Å². The topological polar surface area (TPSA) is 25.8 Å². The fourth-order valence-electron chi connectivity index (χ4n) is 8.92. The lowest BCUT2D eigenvalue weighted by atomic mass is 10.1. The number of aromatic nitrogens is 2. The Morgan fingerprint density at radius 2 is 0.679 bits per heavy atom. The van der Waals surface area contributed by atoms with Gasteiger partial charge in [0, 0.05) is 12.4 Å². The van der Waals surface area contributed by atoms with Crippen LogP contribution in [-0.4, -0.2) is 30.6 Å². The van der Waals surface area contributed by atoms with E-state index >= 15 is 0 Å². The summed E-state index contributed by atoms with van der Waals surface area (Å²) in [5, 5.41) is 13.1. The number of benzene rings is 6. The van der Waals surface area contributed by atoms with E-state index in [2.05, 4.69) is 182 Å². The van der Waals surface area contributed by atoms with Crippen molar-refractivity contribution in [1.29, 1.82) is 0 Å². The van der Waals surface area contributed by atoms with E-state index in [0.717, 1.165) is 11.4 Å². The molecule has 0 unspecified atom stereocenters. The summed E-state index contributed by atoms with van der Waals surface area (Å²) in [7, 11) is -2.92. The molecule has 2 nitrogen and oxygen atoms in total. The number of hydrogen-bond acceptors (Lipinski definition) is 2. The molecule has 2 aliphatic heterocycles. The van der Waals surface area contributed by atoms with Gasteiger partial charge in [0.2, 0.25) is 0 Å². The van der Waals surface area contributed by atoms with Crippen molar-refractivity contribution in [2.75, 3.05) is 0 Å². The number of hydrogen-bond donors (Lipinski definition) is 0. The van der Waals surface area contributed by atoms with Gasteiger partial charge in [-0.1, -0.05) is 182 Å². The van der Waals surface area contributed by atoms with Crippen molar-refractivity contribution in [2.24, 2.45) is 0 Å². The second-order valence-corrected chi connectivity index (χ2v) is 24.0. The van der Waals surface area contributed by atoms with E-state index in [4.69, 9.17) is 22.6 Å². The molecule has 0 saturated heterocycles. The fraction of sp³-hybridized carbons (Fsp3) is 0. The maximum Gasteiger partial charge on any atom is 0.185 e. The zero-order valence-corrected chi connectivity index (χ0v) is 32.0. The van der Waals surface area contributed by atoms with E-state index in [1.165, 1.54) is 63.7 Å². The van der Waals surface area contributed by atoms with Gasteiger partial charge in [-0.25, -0.2) is 0 Å². The molecule has 2 aromatic heterocycles. The first kappa shape index (κ1) is 32.1. The Hall–Kier alpha value is -5.56. The minimum absolute atomic E-state index is 1.01. The highest BCUT2D eigenvalue weighted by atomic mass is 31.2. The third kappa shape index (κ3) is 4.52. The van der Waals surface area contributed by atoms with Gasteiger partial charge in [0.25, 0.3) is 0 Å². The van der Waals surface area contributed by atoms with Crippen molar-refractivity contribution >= 4 is 87.0 Å². The molecule has 8 aromatic rings. The van der Waals surface area contributed by atoms with Gasteiger partial charge in [0.1, 0.15) is 0 Å². The summed E-state index contributed by atoms with van der Waals surface area (Å²) < 4.78 is 0. The standard InChI is InChI=1S/C48H36N2P2Si/c1-51(35-17-7-3-8-18-35,36-19-9-4-10-20-36)39-27-29-41-42-30-28-40(52(2,37-21-11-5-12-22-37)38-23-13-6-14-24-38)34-46(42)53(45(41)33-39)43-25-15-31-49-47(43)48-44(53)26-16-32-50-48/h3-34H,1-2H2. The number of rotatable bonds is 6. The zero-order valence-electron chi connectivity index (χ0n) is 29.2. The van der Waals surface area contributed by atoms with E-state index < -0.39 is 21.8 Å². The van der Waals surface area contributed by atoms with E-state index in [9.17, 15) is 0 Å². The van der Waals surface area contributed by atoms with Gasteiger partial charge in [-0.2, -0.15) is 0 Å². The minimum Gasteiger partial charge on any atom is -0.255 e. The highest BCUT2D eigenvalue weighted by Crippen LogP contribution is 2.45. The molecule has 0 fully saturated rings. The molecule has 2 aliphatic rings. The normalized spacial score (nSPS) is 13.6. The van der Waals surface area contributed by atoms with Gasteiger partial charge in [-0.05, 0) is 89.6 Å². The smallest absolute Gasteiger partial charge is 0.185 e. The first-order valence-electron chi connectivity index (χ1n) is 18.0. The van der Waals surface area contributed by atoms with Crippen molar-refractivity contribution in [2.45, 2.75) is 0 Å². The van der Waals surface area contributed by atoms with Crippen LogP contribution in [0.5, 0.6) is 0 Å². The van der Waals surface area contributed by atoms with Crippen LogP contribution in [0.4, 0.5) is 0 Å². The van der Waals surface area contributed by atoms with Crippen LogP contribution in [0.15, 0.2) is 194 Å². The highest BCUT2D eigenvalue weighted by Gasteiger charge is 2.55. The van der Waals surface area contributed by atoms with E-state index in [0.29, 0.717) is 0 Å². The van der Waals surface area contributed by atoms with Crippen LogP contribution < -0.4 is 52.6 Å². The van der Waals surface area contributed by atoms with Crippen molar-refractivity contribution in [1.82, 2.24) is 9.97 Å². The van der Waals surface area contributed by atoms with Crippen LogP contribution in [0.1, 0.15) is 0 Å². The third-order valence-corrected chi connectivity index (χ3v) is 23.3. The maximum atomic E-state index is 5.17. The van der Waals surface area contributed by atoms with Crippen LogP contribution in [0.3, 0.4) is 0 Å². The molecule has 0 bridgehead atoms. The molecule has 0 saturated carbocycles. The molecule has 0 atom stereocenters. The molecule has 0 radical (unpaired) electrons. The minimum atomic E-state index is -2.92. The largest absolute Gasteiger partial charge is 0.255 e. The lowest BCUT2D eigenvalue weighted by Gasteiger charge is -2.31. The second kappa shape index (κ2) is 12.3. The van der Waals surface area contributed by atoms with Crippen LogP contribution in [0.25, 0.3) is 22.5 Å². The molecule has 0 amide bonds. The lowest BCUT2D eigenvalue weighted by Crippen LogP contribution is -2.71. The van der Waals surface area contributed by atoms with E-state index in [-0.39, 0.29) is 0 Å². The molecule has 252 valence electrons. The van der Waals surface area contributed by atoms with Crippen LogP contribution in [0, 0.1) is 0 Å². The average molecular weight is 731 g/mol. The Labute approximate surface area is 312 Å². The Bertz CT molecular complexity index is 2500. The SMILES string of the molecule is C=P(c1ccccc1)(c1ccccc1)c1ccc2c(c1)[Si]1(c3cc(P(=C)(c4ccccc4)c4ccccc4)ccc3-2)c2cccnc2-c2ncccc21. The van der Waals surface area contributed by atoms with Gasteiger partial charge in [0.05, 0.1) is 11.4 Å². The summed E-state index contributed by atoms with van der Waals surface area (Å²) in [6, 6.07) is 67.1. The van der Waals surface area contributed by atoms with Crippen LogP contribution >= 0.6 is 13.8 Å². The zero-order chi connectivity index (χ0) is 35.6. The number of nitrogens with zero attached hydrogens (tertiary/aromatic N) is 2. The monoisotopic (exact) mass is 730 g/mol. The fourth-order valence-corrected chi connectivity index (χ4v) is 20.5. The molecule has 4 heterocycles. The lowest BCUT2D eigenvalue weighted by molar-refractivity contribution is 1.28. The number of fused-ring (bicyclic) bond motifs is 10. The van der Waals surface area contributed by atoms with Gasteiger partial charge in [-0.15, -0.1) is 0 Å². The second-order valence-electron chi connectivity index (χ2n) is 14.0. The third-order valence-electron chi connectivity index (χ3n) is 11.4. The molecule has 0 N–H and O–H groups in total. The van der Waals surface area contributed by atoms with Gasteiger partial charge < -0.3 is 0 Å². The summed E-state index contributed by atoms with van der Waals surface area (Å²) in [5.74, 6) is 0. The van der Waals surface area contributed by atoms with Crippen LogP contribution in [0.2, 0.25) is 0 Å². The molecule has 6 aromatic carbocycles. The quantitative estimate of drug-likeness (QED) is 0.172. The predicted octanol–water partition coefficient (Wildman–Crippen LogP) is 5.27. The van der Waals surface area contributed by atoms with Gasteiger partial charge in [-0.3, -0.25) is 9.97 Å². The first-order chi connectivity index (χ1) is 26.1. The maximum absolute atomic E-state index is 5.17. The Morgan fingerprint density at radius 1 is 0.340 bits per heavy atom. The molecule has 10 rings (SSSR count). The van der Waals surface area contributed by atoms with Gasteiger partial charge in [0.15, 0.2) is 8.07 Å². The van der Waals surface area contributed by atoms with Crippen molar-refractivity contribution < 1.29 is 0 Å². The van der Waals surface area contributed by atoms with Crippen molar-refractivity contribution in [3.8, 4) is 22.5 Å². The summed E-state index contributed by atoms with van der Waals surface area (Å²) in [6.45, 7) is -4.52. The molecular formula is C48H36N2P2Si. The Balaban J connectivity index is 1.30. The molecular weight excluding hydrogens is 695 g/mol. The highest BCUT2D eigenvalue weighted by molar-refractivity contribution is 7.94. The summed E-state index contributed by atoms with van der Waals surface area (Å²) in [5.41, 5.74) is 4.61. The average Bonchev–Trinajstić information content (AvgIpc) is 3.71.